The highest BCUT2D eigenvalue weighted by Crippen LogP contribution is 2.27. The van der Waals surface area contributed by atoms with E-state index in [1.807, 2.05) is 0 Å². The van der Waals surface area contributed by atoms with Crippen LogP contribution in [-0.4, -0.2) is 54.6 Å². The van der Waals surface area contributed by atoms with Crippen LogP contribution in [0.5, 0.6) is 0 Å². The van der Waals surface area contributed by atoms with Gasteiger partial charge in [-0.3, -0.25) is 0 Å². The third-order valence-corrected chi connectivity index (χ3v) is 4.88. The highest BCUT2D eigenvalue weighted by molar-refractivity contribution is 6.33. The number of carboxylic acids is 1. The molecule has 0 amide bonds. The predicted molar refractivity (Wildman–Crippen MR) is 91.0 cm³/mol. The van der Waals surface area contributed by atoms with E-state index >= 15 is 0 Å². The van der Waals surface area contributed by atoms with Crippen molar-refractivity contribution < 1.29 is 19.4 Å². The molecular weight excluding hydrogens is 332 g/mol. The molecule has 0 saturated carbocycles. The first kappa shape index (κ1) is 17.5. The van der Waals surface area contributed by atoms with Crippen LogP contribution in [-0.2, 0) is 9.47 Å². The first-order valence-corrected chi connectivity index (χ1v) is 8.88. The molecule has 1 N–H and O–H groups in total. The van der Waals surface area contributed by atoms with E-state index in [-0.39, 0.29) is 17.8 Å². The van der Waals surface area contributed by atoms with E-state index < -0.39 is 5.97 Å². The Hall–Kier alpha value is -1.37. The molecule has 3 rings (SSSR count). The highest BCUT2D eigenvalue weighted by Gasteiger charge is 2.24. The Bertz CT molecular complexity index is 570. The van der Waals surface area contributed by atoms with E-state index in [0.29, 0.717) is 17.4 Å². The van der Waals surface area contributed by atoms with Crippen molar-refractivity contribution in [1.82, 2.24) is 4.98 Å². The van der Waals surface area contributed by atoms with Gasteiger partial charge in [0, 0.05) is 25.9 Å². The lowest BCUT2D eigenvalue weighted by atomic mass is 10.1. The van der Waals surface area contributed by atoms with Gasteiger partial charge in [0.2, 0.25) is 0 Å². The summed E-state index contributed by atoms with van der Waals surface area (Å²) in [4.78, 5) is 17.3. The lowest BCUT2D eigenvalue weighted by Crippen LogP contribution is -2.39. The molecule has 1 unspecified atom stereocenters. The van der Waals surface area contributed by atoms with Gasteiger partial charge in [-0.05, 0) is 38.2 Å². The number of rotatable bonds is 5. The van der Waals surface area contributed by atoms with Crippen LogP contribution in [0.3, 0.4) is 0 Å². The molecule has 2 fully saturated rings. The minimum atomic E-state index is -1.02. The molecule has 24 heavy (non-hydrogen) atoms. The summed E-state index contributed by atoms with van der Waals surface area (Å²) in [5, 5.41) is 9.35. The van der Waals surface area contributed by atoms with Crippen LogP contribution in [0.1, 0.15) is 42.5 Å². The smallest absolute Gasteiger partial charge is 0.337 e. The van der Waals surface area contributed by atoms with Gasteiger partial charge in [0.25, 0.3) is 0 Å². The molecule has 6 nitrogen and oxygen atoms in total. The van der Waals surface area contributed by atoms with Crippen molar-refractivity contribution in [3.05, 3.63) is 22.8 Å². The fraction of sp³-hybridized carbons (Fsp3) is 0.647. The highest BCUT2D eigenvalue weighted by atomic mass is 35.5. The largest absolute Gasteiger partial charge is 0.478 e. The van der Waals surface area contributed by atoms with Crippen LogP contribution in [0.25, 0.3) is 0 Å². The van der Waals surface area contributed by atoms with Gasteiger partial charge in [-0.25, -0.2) is 9.78 Å². The lowest BCUT2D eigenvalue weighted by molar-refractivity contribution is -0.0672. The number of hydrogen-bond donors (Lipinski definition) is 1. The van der Waals surface area contributed by atoms with E-state index in [2.05, 4.69) is 9.88 Å². The van der Waals surface area contributed by atoms with Crippen LogP contribution in [0.2, 0.25) is 5.02 Å². The zero-order valence-electron chi connectivity index (χ0n) is 13.6. The summed E-state index contributed by atoms with van der Waals surface area (Å²) in [6.07, 6.45) is 7.13. The maximum atomic E-state index is 10.9. The molecule has 0 radical (unpaired) electrons. The molecule has 2 saturated heterocycles. The fourth-order valence-corrected chi connectivity index (χ4v) is 3.48. The Morgan fingerprint density at radius 2 is 2.17 bits per heavy atom. The predicted octanol–water partition coefficient (Wildman–Crippen LogP) is 2.99. The molecule has 1 atom stereocenters. The van der Waals surface area contributed by atoms with Gasteiger partial charge in [-0.1, -0.05) is 11.6 Å². The topological polar surface area (TPSA) is 71.9 Å². The quantitative estimate of drug-likeness (QED) is 0.876. The number of carbonyl (C=O) groups is 1. The standard InChI is InChI=1S/C17H23ClN2O4/c18-15-9-12(17(21)22)10-19-16(15)20-6-4-13(5-7-20)24-11-14-3-1-2-8-23-14/h9-10,13-14H,1-8,11H2,(H,21,22). The number of halogens is 1. The summed E-state index contributed by atoms with van der Waals surface area (Å²) in [5.74, 6) is -0.372. The van der Waals surface area contributed by atoms with E-state index in [4.69, 9.17) is 26.2 Å². The van der Waals surface area contributed by atoms with Gasteiger partial charge in [-0.15, -0.1) is 0 Å². The van der Waals surface area contributed by atoms with Crippen LogP contribution in [0, 0.1) is 0 Å². The van der Waals surface area contributed by atoms with Crippen molar-refractivity contribution in [1.29, 1.82) is 0 Å². The molecule has 2 aliphatic heterocycles. The maximum absolute atomic E-state index is 10.9. The van der Waals surface area contributed by atoms with E-state index in [1.54, 1.807) is 0 Å². The molecule has 1 aromatic heterocycles. The van der Waals surface area contributed by atoms with Gasteiger partial charge >= 0.3 is 5.97 Å². The molecular formula is C17H23ClN2O4. The Morgan fingerprint density at radius 1 is 1.38 bits per heavy atom. The molecule has 3 heterocycles. The molecule has 7 heteroatoms. The summed E-state index contributed by atoms with van der Waals surface area (Å²) >= 11 is 6.19. The minimum Gasteiger partial charge on any atom is -0.478 e. The molecule has 0 aliphatic carbocycles. The molecule has 0 spiro atoms. The second kappa shape index (κ2) is 8.14. The van der Waals surface area contributed by atoms with Gasteiger partial charge in [0.1, 0.15) is 5.82 Å². The van der Waals surface area contributed by atoms with Crippen LogP contribution in [0.15, 0.2) is 12.3 Å². The molecule has 1 aromatic rings. The average Bonchev–Trinajstić information content (AvgIpc) is 2.61. The summed E-state index contributed by atoms with van der Waals surface area (Å²) in [6.45, 7) is 3.13. The summed E-state index contributed by atoms with van der Waals surface area (Å²) < 4.78 is 11.7. The van der Waals surface area contributed by atoms with Crippen LogP contribution >= 0.6 is 11.6 Å². The van der Waals surface area contributed by atoms with E-state index in [0.717, 1.165) is 45.4 Å². The number of pyridine rings is 1. The van der Waals surface area contributed by atoms with Crippen molar-refractivity contribution in [2.45, 2.75) is 44.3 Å². The number of nitrogens with zero attached hydrogens (tertiary/aromatic N) is 2. The van der Waals surface area contributed by atoms with Crippen molar-refractivity contribution in [3.8, 4) is 0 Å². The SMILES string of the molecule is O=C(O)c1cnc(N2CCC(OCC3CCCCO3)CC2)c(Cl)c1. The van der Waals surface area contributed by atoms with Crippen molar-refractivity contribution in [2.24, 2.45) is 0 Å². The Balaban J connectivity index is 1.48. The maximum Gasteiger partial charge on any atom is 0.337 e. The van der Waals surface area contributed by atoms with Gasteiger partial charge in [0.05, 0.1) is 29.4 Å². The van der Waals surface area contributed by atoms with E-state index in [9.17, 15) is 4.79 Å². The fourth-order valence-electron chi connectivity index (χ4n) is 3.20. The number of anilines is 1. The monoisotopic (exact) mass is 354 g/mol. The number of carboxylic acid groups (broad SMARTS) is 1. The zero-order chi connectivity index (χ0) is 16.9. The molecule has 132 valence electrons. The number of piperidine rings is 1. The Kier molecular flexibility index (Phi) is 5.92. The second-order valence-electron chi connectivity index (χ2n) is 6.34. The third-order valence-electron chi connectivity index (χ3n) is 4.60. The molecule has 2 aliphatic rings. The Labute approximate surface area is 146 Å². The van der Waals surface area contributed by atoms with E-state index in [1.165, 1.54) is 18.7 Å². The zero-order valence-corrected chi connectivity index (χ0v) is 14.4. The van der Waals surface area contributed by atoms with Gasteiger partial charge < -0.3 is 19.5 Å². The van der Waals surface area contributed by atoms with Gasteiger partial charge in [0.15, 0.2) is 0 Å². The minimum absolute atomic E-state index is 0.106. The third kappa shape index (κ3) is 4.37. The molecule has 0 aromatic carbocycles. The van der Waals surface area contributed by atoms with Crippen LogP contribution < -0.4 is 4.90 Å². The lowest BCUT2D eigenvalue weighted by Gasteiger charge is -2.34. The van der Waals surface area contributed by atoms with Crippen molar-refractivity contribution in [3.63, 3.8) is 0 Å². The number of aromatic carboxylic acids is 1. The first-order chi connectivity index (χ1) is 11.6. The number of hydrogen-bond acceptors (Lipinski definition) is 5. The van der Waals surface area contributed by atoms with Crippen LogP contribution in [0.4, 0.5) is 5.82 Å². The molecule has 0 bridgehead atoms. The second-order valence-corrected chi connectivity index (χ2v) is 6.75. The summed E-state index contributed by atoms with van der Waals surface area (Å²) in [6, 6.07) is 1.45. The van der Waals surface area contributed by atoms with Crippen molar-refractivity contribution >= 4 is 23.4 Å². The average molecular weight is 355 g/mol. The Morgan fingerprint density at radius 3 is 2.79 bits per heavy atom. The van der Waals surface area contributed by atoms with Crippen molar-refractivity contribution in [2.75, 3.05) is 31.2 Å². The summed E-state index contributed by atoms with van der Waals surface area (Å²) in [7, 11) is 0. The van der Waals surface area contributed by atoms with Gasteiger partial charge in [-0.2, -0.15) is 0 Å². The number of aromatic nitrogens is 1. The number of ether oxygens (including phenoxy) is 2. The summed E-state index contributed by atoms with van der Waals surface area (Å²) in [5.41, 5.74) is 0.106. The first-order valence-electron chi connectivity index (χ1n) is 8.50. The normalized spacial score (nSPS) is 22.5.